The van der Waals surface area contributed by atoms with Gasteiger partial charge in [-0.3, -0.25) is 0 Å². The van der Waals surface area contributed by atoms with Crippen LogP contribution in [0.25, 0.3) is 0 Å². The quantitative estimate of drug-likeness (QED) is 0.391. The van der Waals surface area contributed by atoms with Gasteiger partial charge in [-0.05, 0) is 5.56 Å². The van der Waals surface area contributed by atoms with Crippen LogP contribution in [0.3, 0.4) is 0 Å². The molecule has 1 atom stereocenters. The van der Waals surface area contributed by atoms with Gasteiger partial charge in [0, 0.05) is 6.54 Å². The summed E-state index contributed by atoms with van der Waals surface area (Å²) >= 11 is 1.41. The molecule has 1 aliphatic heterocycles. The molecule has 1 saturated heterocycles. The highest BCUT2D eigenvalue weighted by molar-refractivity contribution is 7.17. The van der Waals surface area contributed by atoms with Crippen LogP contribution in [0.4, 0.5) is 5.13 Å². The standard InChI is InChI=1S/C14H16N4O2S/c15-13(17-19)12-8-16-14(21-12)18-6-7-20-9-11(18)10-4-2-1-3-5-10/h1-5,8,11,19H,6-7,9H2,(H2,15,17)/t11-/m0/s1. The zero-order chi connectivity index (χ0) is 14.7. The molecule has 0 unspecified atom stereocenters. The summed E-state index contributed by atoms with van der Waals surface area (Å²) < 4.78 is 5.61. The maximum Gasteiger partial charge on any atom is 0.186 e. The summed E-state index contributed by atoms with van der Waals surface area (Å²) in [5.74, 6) is 0.0864. The van der Waals surface area contributed by atoms with Crippen molar-refractivity contribution in [3.8, 4) is 0 Å². The van der Waals surface area contributed by atoms with Gasteiger partial charge < -0.3 is 20.6 Å². The number of morpholine rings is 1. The maximum absolute atomic E-state index is 8.75. The molecule has 0 aliphatic carbocycles. The number of benzene rings is 1. The number of hydrogen-bond acceptors (Lipinski definition) is 6. The van der Waals surface area contributed by atoms with Gasteiger partial charge in [-0.1, -0.05) is 46.8 Å². The summed E-state index contributed by atoms with van der Waals surface area (Å²) in [7, 11) is 0. The van der Waals surface area contributed by atoms with Gasteiger partial charge in [0.1, 0.15) is 0 Å². The van der Waals surface area contributed by atoms with E-state index < -0.39 is 0 Å². The second kappa shape index (κ2) is 6.11. The Hall–Kier alpha value is -2.12. The minimum absolute atomic E-state index is 0.0864. The number of thiazole rings is 1. The SMILES string of the molecule is N/C(=N\O)c1cnc(N2CCOC[C@H]2c2ccccc2)s1. The molecule has 0 bridgehead atoms. The lowest BCUT2D eigenvalue weighted by Crippen LogP contribution is -2.39. The van der Waals surface area contributed by atoms with Crippen LogP contribution in [0.2, 0.25) is 0 Å². The van der Waals surface area contributed by atoms with Crippen molar-refractivity contribution in [2.75, 3.05) is 24.7 Å². The number of ether oxygens (including phenoxy) is 1. The third kappa shape index (κ3) is 2.84. The van der Waals surface area contributed by atoms with E-state index in [4.69, 9.17) is 15.7 Å². The number of nitrogens with zero attached hydrogens (tertiary/aromatic N) is 3. The molecule has 1 aliphatic rings. The van der Waals surface area contributed by atoms with E-state index in [-0.39, 0.29) is 11.9 Å². The summed E-state index contributed by atoms with van der Waals surface area (Å²) in [5.41, 5.74) is 6.80. The number of hydrogen-bond donors (Lipinski definition) is 2. The summed E-state index contributed by atoms with van der Waals surface area (Å²) in [6.07, 6.45) is 1.63. The fraction of sp³-hybridized carbons (Fsp3) is 0.286. The van der Waals surface area contributed by atoms with Crippen molar-refractivity contribution in [2.24, 2.45) is 10.9 Å². The second-order valence-corrected chi connectivity index (χ2v) is 5.70. The number of nitrogens with two attached hydrogens (primary N) is 1. The number of aromatic nitrogens is 1. The maximum atomic E-state index is 8.75. The van der Waals surface area contributed by atoms with E-state index in [1.165, 1.54) is 16.9 Å². The highest BCUT2D eigenvalue weighted by atomic mass is 32.1. The number of amidine groups is 1. The van der Waals surface area contributed by atoms with E-state index in [1.54, 1.807) is 6.20 Å². The topological polar surface area (TPSA) is 84.0 Å². The second-order valence-electron chi connectivity index (χ2n) is 4.69. The number of anilines is 1. The Labute approximate surface area is 126 Å². The molecule has 0 amide bonds. The lowest BCUT2D eigenvalue weighted by atomic mass is 10.1. The minimum atomic E-state index is 0.0864. The van der Waals surface area contributed by atoms with Crippen LogP contribution in [0.1, 0.15) is 16.5 Å². The van der Waals surface area contributed by atoms with Gasteiger partial charge in [0.25, 0.3) is 0 Å². The van der Waals surface area contributed by atoms with E-state index in [0.29, 0.717) is 18.1 Å². The van der Waals surface area contributed by atoms with Gasteiger partial charge >= 0.3 is 0 Å². The van der Waals surface area contributed by atoms with Gasteiger partial charge in [0.15, 0.2) is 11.0 Å². The monoisotopic (exact) mass is 304 g/mol. The highest BCUT2D eigenvalue weighted by Crippen LogP contribution is 2.32. The van der Waals surface area contributed by atoms with Gasteiger partial charge in [0.05, 0.1) is 30.3 Å². The van der Waals surface area contributed by atoms with Crippen molar-refractivity contribution in [3.05, 3.63) is 47.0 Å². The zero-order valence-electron chi connectivity index (χ0n) is 11.3. The highest BCUT2D eigenvalue weighted by Gasteiger charge is 2.27. The largest absolute Gasteiger partial charge is 0.409 e. The summed E-state index contributed by atoms with van der Waals surface area (Å²) in [6, 6.07) is 10.3. The van der Waals surface area contributed by atoms with Crippen molar-refractivity contribution >= 4 is 22.3 Å². The Morgan fingerprint density at radius 3 is 3.00 bits per heavy atom. The van der Waals surface area contributed by atoms with Gasteiger partial charge in [-0.2, -0.15) is 0 Å². The first-order chi connectivity index (χ1) is 10.3. The van der Waals surface area contributed by atoms with Crippen molar-refractivity contribution in [3.63, 3.8) is 0 Å². The lowest BCUT2D eigenvalue weighted by Gasteiger charge is -2.35. The summed E-state index contributed by atoms with van der Waals surface area (Å²) in [4.78, 5) is 7.27. The fourth-order valence-corrected chi connectivity index (χ4v) is 3.24. The predicted octanol–water partition coefficient (Wildman–Crippen LogP) is 1.82. The summed E-state index contributed by atoms with van der Waals surface area (Å²) in [6.45, 7) is 2.06. The Morgan fingerprint density at radius 2 is 2.24 bits per heavy atom. The normalized spacial score (nSPS) is 19.7. The number of oxime groups is 1. The van der Waals surface area contributed by atoms with Gasteiger partial charge in [-0.15, -0.1) is 0 Å². The Bertz CT molecular complexity index is 629. The van der Waals surface area contributed by atoms with E-state index in [1.807, 2.05) is 18.2 Å². The predicted molar refractivity (Wildman–Crippen MR) is 82.0 cm³/mol. The molecule has 1 aromatic carbocycles. The molecule has 1 fully saturated rings. The first-order valence-corrected chi connectivity index (χ1v) is 7.44. The fourth-order valence-electron chi connectivity index (χ4n) is 2.35. The Kier molecular flexibility index (Phi) is 4.03. The molecule has 3 N–H and O–H groups in total. The van der Waals surface area contributed by atoms with Crippen molar-refractivity contribution in [1.82, 2.24) is 4.98 Å². The van der Waals surface area contributed by atoms with Gasteiger partial charge in [-0.25, -0.2) is 4.98 Å². The van der Waals surface area contributed by atoms with E-state index >= 15 is 0 Å². The van der Waals surface area contributed by atoms with E-state index in [2.05, 4.69) is 27.2 Å². The first kappa shape index (κ1) is 13.8. The van der Waals surface area contributed by atoms with Crippen LogP contribution >= 0.6 is 11.3 Å². The molecule has 6 nitrogen and oxygen atoms in total. The average molecular weight is 304 g/mol. The van der Waals surface area contributed by atoms with Crippen molar-refractivity contribution in [2.45, 2.75) is 6.04 Å². The Morgan fingerprint density at radius 1 is 1.43 bits per heavy atom. The third-order valence-corrected chi connectivity index (χ3v) is 4.47. The van der Waals surface area contributed by atoms with Crippen LogP contribution in [0.5, 0.6) is 0 Å². The molecule has 1 aromatic heterocycles. The lowest BCUT2D eigenvalue weighted by molar-refractivity contribution is 0.0941. The van der Waals surface area contributed by atoms with E-state index in [9.17, 15) is 0 Å². The van der Waals surface area contributed by atoms with Crippen LogP contribution in [0.15, 0.2) is 41.7 Å². The molecule has 110 valence electrons. The molecule has 21 heavy (non-hydrogen) atoms. The van der Waals surface area contributed by atoms with Gasteiger partial charge in [0.2, 0.25) is 0 Å². The molecule has 0 spiro atoms. The minimum Gasteiger partial charge on any atom is -0.409 e. The van der Waals surface area contributed by atoms with Crippen LogP contribution in [-0.2, 0) is 4.74 Å². The molecular formula is C14H16N4O2S. The zero-order valence-corrected chi connectivity index (χ0v) is 12.2. The van der Waals surface area contributed by atoms with Crippen molar-refractivity contribution < 1.29 is 9.94 Å². The Balaban J connectivity index is 1.89. The molecule has 2 heterocycles. The third-order valence-electron chi connectivity index (χ3n) is 3.41. The van der Waals surface area contributed by atoms with Crippen LogP contribution < -0.4 is 10.6 Å². The summed E-state index contributed by atoms with van der Waals surface area (Å²) in [5, 5.41) is 12.6. The molecular weight excluding hydrogens is 288 g/mol. The van der Waals surface area contributed by atoms with Crippen molar-refractivity contribution in [1.29, 1.82) is 0 Å². The first-order valence-electron chi connectivity index (χ1n) is 6.62. The van der Waals surface area contributed by atoms with E-state index in [0.717, 1.165) is 11.7 Å². The molecule has 2 aromatic rings. The van der Waals surface area contributed by atoms with Crippen LogP contribution in [-0.4, -0.2) is 35.8 Å². The molecule has 3 rings (SSSR count). The molecule has 7 heteroatoms. The van der Waals surface area contributed by atoms with Crippen LogP contribution in [0, 0.1) is 0 Å². The smallest absolute Gasteiger partial charge is 0.186 e. The number of rotatable bonds is 3. The molecule has 0 saturated carbocycles. The molecule has 0 radical (unpaired) electrons. The average Bonchev–Trinajstić information content (AvgIpc) is 3.05.